The predicted octanol–water partition coefficient (Wildman–Crippen LogP) is 2.76. The third-order valence-electron chi connectivity index (χ3n) is 3.25. The Kier molecular flexibility index (Phi) is 6.75. The van der Waals surface area contributed by atoms with Gasteiger partial charge >= 0.3 is 0 Å². The molecule has 1 heterocycles. The molecule has 0 saturated carbocycles. The number of rotatable bonds is 7. The summed E-state index contributed by atoms with van der Waals surface area (Å²) >= 11 is 7.15. The summed E-state index contributed by atoms with van der Waals surface area (Å²) in [6, 6.07) is 7.44. The molecule has 2 rings (SSSR count). The largest absolute Gasteiger partial charge is 0.487 e. The Labute approximate surface area is 146 Å². The Balaban J connectivity index is 1.96. The van der Waals surface area contributed by atoms with Gasteiger partial charge in [-0.25, -0.2) is 0 Å². The predicted molar refractivity (Wildman–Crippen MR) is 97.1 cm³/mol. The van der Waals surface area contributed by atoms with E-state index in [1.165, 1.54) is 0 Å². The van der Waals surface area contributed by atoms with Crippen molar-refractivity contribution in [2.75, 3.05) is 25.5 Å². The van der Waals surface area contributed by atoms with Crippen LogP contribution in [0, 0.1) is 12.3 Å². The molecule has 6 heteroatoms. The van der Waals surface area contributed by atoms with Crippen molar-refractivity contribution in [3.8, 4) is 23.8 Å². The Bertz CT molecular complexity index is 612. The second-order valence-corrected chi connectivity index (χ2v) is 6.80. The number of hydrogen-bond donors (Lipinski definition) is 0. The van der Waals surface area contributed by atoms with E-state index in [1.54, 1.807) is 18.7 Å². The first-order chi connectivity index (χ1) is 11.1. The van der Waals surface area contributed by atoms with Crippen molar-refractivity contribution < 1.29 is 14.3 Å². The van der Waals surface area contributed by atoms with Crippen LogP contribution in [0.15, 0.2) is 24.3 Å². The van der Waals surface area contributed by atoms with Crippen molar-refractivity contribution in [3.63, 3.8) is 0 Å². The Morgan fingerprint density at radius 2 is 2.13 bits per heavy atom. The van der Waals surface area contributed by atoms with Gasteiger partial charge in [0.25, 0.3) is 0 Å². The number of terminal acetylenes is 1. The molecule has 1 aromatic rings. The summed E-state index contributed by atoms with van der Waals surface area (Å²) in [4.78, 5) is 14.0. The lowest BCUT2D eigenvalue weighted by atomic mass is 10.3. The number of benzene rings is 1. The summed E-state index contributed by atoms with van der Waals surface area (Å²) in [6.45, 7) is 3.08. The van der Waals surface area contributed by atoms with Gasteiger partial charge in [0.2, 0.25) is 0 Å². The first kappa shape index (κ1) is 17.6. The second kappa shape index (κ2) is 8.80. The topological polar surface area (TPSA) is 38.8 Å². The lowest BCUT2D eigenvalue weighted by molar-refractivity contribution is -0.115. The molecule has 0 bridgehead atoms. The summed E-state index contributed by atoms with van der Waals surface area (Å²) in [5.74, 6) is 4.79. The molecule has 1 saturated heterocycles. The van der Waals surface area contributed by atoms with Crippen LogP contribution >= 0.6 is 24.0 Å². The van der Waals surface area contributed by atoms with E-state index in [9.17, 15) is 4.79 Å². The van der Waals surface area contributed by atoms with Gasteiger partial charge in [0, 0.05) is 12.3 Å². The van der Waals surface area contributed by atoms with Gasteiger partial charge in [0.15, 0.2) is 11.5 Å². The van der Waals surface area contributed by atoms with Crippen LogP contribution in [0.2, 0.25) is 0 Å². The molecule has 0 aromatic heterocycles. The molecule has 4 nitrogen and oxygen atoms in total. The highest BCUT2D eigenvalue weighted by Crippen LogP contribution is 2.30. The van der Waals surface area contributed by atoms with Gasteiger partial charge in [-0.3, -0.25) is 4.79 Å². The van der Waals surface area contributed by atoms with Crippen molar-refractivity contribution in [2.45, 2.75) is 18.7 Å². The van der Waals surface area contributed by atoms with E-state index in [0.717, 1.165) is 12.3 Å². The van der Waals surface area contributed by atoms with Gasteiger partial charge < -0.3 is 14.4 Å². The molecule has 1 aromatic carbocycles. The smallest absolute Gasteiger partial charge is 0.162 e. The van der Waals surface area contributed by atoms with E-state index in [4.69, 9.17) is 28.1 Å². The van der Waals surface area contributed by atoms with E-state index in [-0.39, 0.29) is 17.8 Å². The molecule has 0 N–H and O–H groups in total. The molecule has 0 amide bonds. The highest BCUT2D eigenvalue weighted by molar-refractivity contribution is 8.00. The van der Waals surface area contributed by atoms with E-state index in [1.807, 2.05) is 24.3 Å². The minimum atomic E-state index is 0.0830. The number of carbonyl (C=O) groups is 1. The number of Topliss-reactive ketones (excluding diaryl/α,β-unsaturated/α-hetero) is 1. The molecule has 1 aliphatic heterocycles. The van der Waals surface area contributed by atoms with Crippen molar-refractivity contribution in [3.05, 3.63) is 24.3 Å². The zero-order chi connectivity index (χ0) is 16.7. The fourth-order valence-electron chi connectivity index (χ4n) is 2.23. The van der Waals surface area contributed by atoms with Crippen LogP contribution in [0.1, 0.15) is 13.3 Å². The third kappa shape index (κ3) is 5.15. The first-order valence-corrected chi connectivity index (χ1v) is 8.76. The van der Waals surface area contributed by atoms with Crippen LogP contribution in [0.5, 0.6) is 11.5 Å². The fraction of sp³-hybridized carbons (Fsp3) is 0.412. The number of carbonyl (C=O) groups excluding carboxylic acids is 1. The average Bonchev–Trinajstić information content (AvgIpc) is 2.99. The fourth-order valence-corrected chi connectivity index (χ4v) is 3.87. The number of nitrogens with zero attached hydrogens (tertiary/aromatic N) is 1. The SMILES string of the molecule is C#CCOc1ccccc1OCC1SCCN1C(=S)CC(C)=O. The van der Waals surface area contributed by atoms with Crippen molar-refractivity contribution in [2.24, 2.45) is 0 Å². The van der Waals surface area contributed by atoms with Crippen LogP contribution < -0.4 is 9.47 Å². The Morgan fingerprint density at radius 3 is 2.78 bits per heavy atom. The highest BCUT2D eigenvalue weighted by atomic mass is 32.2. The van der Waals surface area contributed by atoms with Gasteiger partial charge in [0.05, 0.1) is 11.4 Å². The molecule has 23 heavy (non-hydrogen) atoms. The maximum Gasteiger partial charge on any atom is 0.162 e. The van der Waals surface area contributed by atoms with Crippen LogP contribution in [0.3, 0.4) is 0 Å². The van der Waals surface area contributed by atoms with E-state index >= 15 is 0 Å². The number of hydrogen-bond acceptors (Lipinski definition) is 5. The molecule has 0 aliphatic carbocycles. The maximum atomic E-state index is 11.3. The molecule has 0 radical (unpaired) electrons. The molecule has 122 valence electrons. The van der Waals surface area contributed by atoms with Crippen LogP contribution in [-0.2, 0) is 4.79 Å². The molecule has 0 spiro atoms. The van der Waals surface area contributed by atoms with Gasteiger partial charge in [-0.05, 0) is 19.1 Å². The zero-order valence-corrected chi connectivity index (χ0v) is 14.6. The van der Waals surface area contributed by atoms with Gasteiger partial charge in [0.1, 0.15) is 24.4 Å². The maximum absolute atomic E-state index is 11.3. The first-order valence-electron chi connectivity index (χ1n) is 7.30. The molecule has 1 atom stereocenters. The van der Waals surface area contributed by atoms with Crippen molar-refractivity contribution >= 4 is 34.8 Å². The summed E-state index contributed by atoms with van der Waals surface area (Å²) in [5, 5.41) is 0.113. The number of ketones is 1. The molecular formula is C17H19NO3S2. The Morgan fingerprint density at radius 1 is 1.43 bits per heavy atom. The average molecular weight is 349 g/mol. The lowest BCUT2D eigenvalue weighted by Crippen LogP contribution is -2.37. The van der Waals surface area contributed by atoms with Gasteiger partial charge in [-0.15, -0.1) is 18.2 Å². The summed E-state index contributed by atoms with van der Waals surface area (Å²) < 4.78 is 11.4. The minimum Gasteiger partial charge on any atom is -0.487 e. The monoisotopic (exact) mass is 349 g/mol. The molecule has 1 unspecified atom stereocenters. The molecule has 1 aliphatic rings. The van der Waals surface area contributed by atoms with E-state index < -0.39 is 0 Å². The summed E-state index contributed by atoms with van der Waals surface area (Å²) in [5.41, 5.74) is 0. The van der Waals surface area contributed by atoms with Crippen molar-refractivity contribution in [1.29, 1.82) is 0 Å². The molecular weight excluding hydrogens is 330 g/mol. The van der Waals surface area contributed by atoms with Crippen LogP contribution in [0.4, 0.5) is 0 Å². The second-order valence-electron chi connectivity index (χ2n) is 5.04. The minimum absolute atomic E-state index is 0.0830. The highest BCUT2D eigenvalue weighted by Gasteiger charge is 2.28. The third-order valence-corrected chi connectivity index (χ3v) is 4.82. The summed E-state index contributed by atoms with van der Waals surface area (Å²) in [6.07, 6.45) is 5.54. The summed E-state index contributed by atoms with van der Waals surface area (Å²) in [7, 11) is 0. The number of ether oxygens (including phenoxy) is 2. The zero-order valence-electron chi connectivity index (χ0n) is 13.0. The number of thioether (sulfide) groups is 1. The van der Waals surface area contributed by atoms with Crippen molar-refractivity contribution in [1.82, 2.24) is 4.90 Å². The molecule has 1 fully saturated rings. The Hall–Kier alpha value is -1.71. The quantitative estimate of drug-likeness (QED) is 0.557. The number of para-hydroxylation sites is 2. The normalized spacial score (nSPS) is 16.7. The lowest BCUT2D eigenvalue weighted by Gasteiger charge is -2.26. The number of thiocarbonyl (C=S) groups is 1. The van der Waals surface area contributed by atoms with Gasteiger partial charge in [-0.1, -0.05) is 30.3 Å². The van der Waals surface area contributed by atoms with Crippen LogP contribution in [-0.4, -0.2) is 46.6 Å². The van der Waals surface area contributed by atoms with Crippen LogP contribution in [0.25, 0.3) is 0 Å². The van der Waals surface area contributed by atoms with E-state index in [0.29, 0.717) is 29.5 Å². The standard InChI is InChI=1S/C17H19NO3S2/c1-3-9-20-14-6-4-5-7-15(14)21-12-17-18(8-10-23-17)16(22)11-13(2)19/h1,4-7,17H,8-12H2,2H3. The van der Waals surface area contributed by atoms with Gasteiger partial charge in [-0.2, -0.15) is 0 Å². The van der Waals surface area contributed by atoms with E-state index in [2.05, 4.69) is 10.8 Å².